The third-order valence-electron chi connectivity index (χ3n) is 2.19. The molecule has 0 saturated carbocycles. The van der Waals surface area contributed by atoms with E-state index in [0.29, 0.717) is 12.1 Å². The van der Waals surface area contributed by atoms with E-state index in [0.717, 1.165) is 11.4 Å². The first-order valence-corrected chi connectivity index (χ1v) is 4.88. The molecule has 1 heterocycles. The van der Waals surface area contributed by atoms with Gasteiger partial charge >= 0.3 is 0 Å². The standard InChI is InChI=1S/C11H12N4O/c12-11(16)8-2-1-3-9(6-8)13-7-10-4-5-14-15-10/h1-6,13H,7H2,(H2,12,16)(H,14,15). The Morgan fingerprint density at radius 2 is 2.31 bits per heavy atom. The van der Waals surface area contributed by atoms with Gasteiger partial charge in [-0.2, -0.15) is 5.10 Å². The van der Waals surface area contributed by atoms with Crippen LogP contribution in [0.3, 0.4) is 0 Å². The number of nitrogens with zero attached hydrogens (tertiary/aromatic N) is 1. The van der Waals surface area contributed by atoms with Crippen LogP contribution in [0.15, 0.2) is 36.5 Å². The summed E-state index contributed by atoms with van der Waals surface area (Å²) < 4.78 is 0. The first kappa shape index (κ1) is 10.2. The molecule has 1 aromatic carbocycles. The molecule has 0 atom stereocenters. The van der Waals surface area contributed by atoms with Crippen LogP contribution in [0.25, 0.3) is 0 Å². The van der Waals surface area contributed by atoms with Crippen molar-refractivity contribution < 1.29 is 4.79 Å². The molecule has 0 radical (unpaired) electrons. The van der Waals surface area contributed by atoms with Crippen molar-refractivity contribution in [3.05, 3.63) is 47.8 Å². The fourth-order valence-electron chi connectivity index (χ4n) is 1.36. The molecule has 2 rings (SSSR count). The highest BCUT2D eigenvalue weighted by Gasteiger charge is 2.01. The highest BCUT2D eigenvalue weighted by Crippen LogP contribution is 2.11. The van der Waals surface area contributed by atoms with Gasteiger partial charge < -0.3 is 11.1 Å². The van der Waals surface area contributed by atoms with E-state index in [-0.39, 0.29) is 0 Å². The number of carbonyl (C=O) groups excluding carboxylic acids is 1. The quantitative estimate of drug-likeness (QED) is 0.716. The van der Waals surface area contributed by atoms with Crippen molar-refractivity contribution in [1.82, 2.24) is 10.2 Å². The van der Waals surface area contributed by atoms with Crippen molar-refractivity contribution in [3.63, 3.8) is 0 Å². The third kappa shape index (κ3) is 2.38. The van der Waals surface area contributed by atoms with Crippen molar-refractivity contribution in [2.45, 2.75) is 6.54 Å². The number of aromatic nitrogens is 2. The Hall–Kier alpha value is -2.30. The number of hydrogen-bond acceptors (Lipinski definition) is 3. The molecule has 0 unspecified atom stereocenters. The minimum Gasteiger partial charge on any atom is -0.379 e. The van der Waals surface area contributed by atoms with Gasteiger partial charge in [-0.25, -0.2) is 0 Å². The topological polar surface area (TPSA) is 83.8 Å². The van der Waals surface area contributed by atoms with Crippen LogP contribution in [0.4, 0.5) is 5.69 Å². The Morgan fingerprint density at radius 3 is 3.00 bits per heavy atom. The van der Waals surface area contributed by atoms with Gasteiger partial charge in [0.15, 0.2) is 0 Å². The molecule has 5 heteroatoms. The van der Waals surface area contributed by atoms with E-state index in [1.54, 1.807) is 24.4 Å². The number of hydrogen-bond donors (Lipinski definition) is 3. The zero-order valence-corrected chi connectivity index (χ0v) is 8.60. The lowest BCUT2D eigenvalue weighted by Gasteiger charge is -2.05. The number of amides is 1. The Bertz CT molecular complexity index is 478. The van der Waals surface area contributed by atoms with Gasteiger partial charge in [0.25, 0.3) is 0 Å². The summed E-state index contributed by atoms with van der Waals surface area (Å²) in [5, 5.41) is 9.85. The molecule has 2 aromatic rings. The minimum atomic E-state index is -0.426. The Labute approximate surface area is 92.7 Å². The van der Waals surface area contributed by atoms with Crippen molar-refractivity contribution in [2.24, 2.45) is 5.73 Å². The van der Waals surface area contributed by atoms with Crippen LogP contribution in [0.2, 0.25) is 0 Å². The molecule has 0 aliphatic carbocycles. The Morgan fingerprint density at radius 1 is 1.44 bits per heavy atom. The number of aromatic amines is 1. The summed E-state index contributed by atoms with van der Waals surface area (Å²) in [6.07, 6.45) is 1.69. The summed E-state index contributed by atoms with van der Waals surface area (Å²) in [5.74, 6) is -0.426. The predicted octanol–water partition coefficient (Wildman–Crippen LogP) is 1.12. The second-order valence-corrected chi connectivity index (χ2v) is 3.38. The lowest BCUT2D eigenvalue weighted by Crippen LogP contribution is -2.11. The van der Waals surface area contributed by atoms with E-state index in [4.69, 9.17) is 5.73 Å². The van der Waals surface area contributed by atoms with Gasteiger partial charge in [-0.1, -0.05) is 6.07 Å². The maximum Gasteiger partial charge on any atom is 0.248 e. The molecule has 82 valence electrons. The van der Waals surface area contributed by atoms with E-state index < -0.39 is 5.91 Å². The second kappa shape index (κ2) is 4.48. The number of anilines is 1. The number of carbonyl (C=O) groups is 1. The van der Waals surface area contributed by atoms with Crippen LogP contribution in [0, 0.1) is 0 Å². The lowest BCUT2D eigenvalue weighted by atomic mass is 10.2. The van der Waals surface area contributed by atoms with Crippen LogP contribution >= 0.6 is 0 Å². The molecular formula is C11H12N4O. The maximum atomic E-state index is 11.0. The fraction of sp³-hybridized carbons (Fsp3) is 0.0909. The minimum absolute atomic E-state index is 0.426. The molecule has 1 aromatic heterocycles. The summed E-state index contributed by atoms with van der Waals surface area (Å²) in [5.41, 5.74) is 7.51. The molecule has 0 aliphatic rings. The van der Waals surface area contributed by atoms with Crippen LogP contribution in [-0.4, -0.2) is 16.1 Å². The maximum absolute atomic E-state index is 11.0. The molecular weight excluding hydrogens is 204 g/mol. The molecule has 0 aliphatic heterocycles. The second-order valence-electron chi connectivity index (χ2n) is 3.38. The largest absolute Gasteiger partial charge is 0.379 e. The van der Waals surface area contributed by atoms with Gasteiger partial charge in [-0.3, -0.25) is 9.89 Å². The number of rotatable bonds is 4. The Balaban J connectivity index is 2.04. The smallest absolute Gasteiger partial charge is 0.248 e. The van der Waals surface area contributed by atoms with Gasteiger partial charge in [0.2, 0.25) is 5.91 Å². The van der Waals surface area contributed by atoms with E-state index in [9.17, 15) is 4.79 Å². The summed E-state index contributed by atoms with van der Waals surface area (Å²) in [4.78, 5) is 11.0. The van der Waals surface area contributed by atoms with Gasteiger partial charge in [-0.05, 0) is 24.3 Å². The number of nitrogens with one attached hydrogen (secondary N) is 2. The zero-order chi connectivity index (χ0) is 11.4. The van der Waals surface area contributed by atoms with E-state index >= 15 is 0 Å². The average Bonchev–Trinajstić information content (AvgIpc) is 2.79. The van der Waals surface area contributed by atoms with Crippen molar-refractivity contribution in [3.8, 4) is 0 Å². The van der Waals surface area contributed by atoms with E-state index in [1.165, 1.54) is 0 Å². The SMILES string of the molecule is NC(=O)c1cccc(NCc2ccn[nH]2)c1. The molecule has 0 spiro atoms. The van der Waals surface area contributed by atoms with Crippen molar-refractivity contribution in [1.29, 1.82) is 0 Å². The highest BCUT2D eigenvalue weighted by molar-refractivity contribution is 5.93. The van der Waals surface area contributed by atoms with Gasteiger partial charge in [0, 0.05) is 17.4 Å². The van der Waals surface area contributed by atoms with E-state index in [2.05, 4.69) is 15.5 Å². The predicted molar refractivity (Wildman–Crippen MR) is 60.9 cm³/mol. The van der Waals surface area contributed by atoms with Crippen LogP contribution in [-0.2, 0) is 6.54 Å². The molecule has 0 fully saturated rings. The summed E-state index contributed by atoms with van der Waals surface area (Å²) in [7, 11) is 0. The van der Waals surface area contributed by atoms with Gasteiger partial charge in [0.1, 0.15) is 0 Å². The molecule has 5 nitrogen and oxygen atoms in total. The highest BCUT2D eigenvalue weighted by atomic mass is 16.1. The molecule has 16 heavy (non-hydrogen) atoms. The molecule has 4 N–H and O–H groups in total. The van der Waals surface area contributed by atoms with Crippen molar-refractivity contribution >= 4 is 11.6 Å². The summed E-state index contributed by atoms with van der Waals surface area (Å²) >= 11 is 0. The first-order valence-electron chi connectivity index (χ1n) is 4.88. The zero-order valence-electron chi connectivity index (χ0n) is 8.60. The van der Waals surface area contributed by atoms with Crippen molar-refractivity contribution in [2.75, 3.05) is 5.32 Å². The summed E-state index contributed by atoms with van der Waals surface area (Å²) in [6, 6.07) is 8.95. The number of H-pyrrole nitrogens is 1. The molecule has 0 saturated heterocycles. The number of benzene rings is 1. The summed E-state index contributed by atoms with van der Waals surface area (Å²) in [6.45, 7) is 0.627. The molecule has 0 bridgehead atoms. The van der Waals surface area contributed by atoms with Crippen LogP contribution in [0.1, 0.15) is 16.1 Å². The molecule has 1 amide bonds. The van der Waals surface area contributed by atoms with E-state index in [1.807, 2.05) is 12.1 Å². The number of nitrogens with two attached hydrogens (primary N) is 1. The average molecular weight is 216 g/mol. The van der Waals surface area contributed by atoms with Gasteiger partial charge in [-0.15, -0.1) is 0 Å². The third-order valence-corrected chi connectivity index (χ3v) is 2.19. The fourth-order valence-corrected chi connectivity index (χ4v) is 1.36. The Kier molecular flexibility index (Phi) is 2.86. The number of primary amides is 1. The van der Waals surface area contributed by atoms with Gasteiger partial charge in [0.05, 0.1) is 12.2 Å². The normalized spacial score (nSPS) is 10.0. The monoisotopic (exact) mass is 216 g/mol. The van der Waals surface area contributed by atoms with Crippen LogP contribution in [0.5, 0.6) is 0 Å². The lowest BCUT2D eigenvalue weighted by molar-refractivity contribution is 0.100. The van der Waals surface area contributed by atoms with Crippen LogP contribution < -0.4 is 11.1 Å². The first-order chi connectivity index (χ1) is 7.75.